The molecule has 0 spiro atoms. The van der Waals surface area contributed by atoms with E-state index in [1.165, 1.54) is 12.1 Å². The molecule has 0 saturated heterocycles. The second-order valence-corrected chi connectivity index (χ2v) is 8.54. The summed E-state index contributed by atoms with van der Waals surface area (Å²) in [6.45, 7) is 2.34. The number of carbonyl (C=O) groups is 2. The zero-order valence-electron chi connectivity index (χ0n) is 21.0. The lowest BCUT2D eigenvalue weighted by atomic mass is 10.1. The number of hydrogen-bond donors (Lipinski definition) is 1. The molecular weight excluding hydrogens is 459 g/mol. The Morgan fingerprint density at radius 2 is 1.53 bits per heavy atom. The number of nitrogens with one attached hydrogen (secondary N) is 1. The topological polar surface area (TPSA) is 67.9 Å². The normalized spacial score (nSPS) is 11.4. The maximum Gasteiger partial charge on any atom is 0.242 e. The molecule has 190 valence electrons. The Bertz CT molecular complexity index is 1140. The zero-order chi connectivity index (χ0) is 25.9. The van der Waals surface area contributed by atoms with Crippen LogP contribution in [0.5, 0.6) is 11.5 Å². The van der Waals surface area contributed by atoms with Gasteiger partial charge in [-0.25, -0.2) is 4.39 Å². The van der Waals surface area contributed by atoms with E-state index in [0.717, 1.165) is 16.7 Å². The first kappa shape index (κ1) is 26.7. The van der Waals surface area contributed by atoms with Crippen LogP contribution in [0.25, 0.3) is 0 Å². The molecule has 0 heterocycles. The van der Waals surface area contributed by atoms with Gasteiger partial charge in [0.1, 0.15) is 11.9 Å². The van der Waals surface area contributed by atoms with Crippen molar-refractivity contribution in [2.45, 2.75) is 38.8 Å². The van der Waals surface area contributed by atoms with Gasteiger partial charge in [-0.1, -0.05) is 48.5 Å². The quantitative estimate of drug-likeness (QED) is 0.403. The minimum Gasteiger partial charge on any atom is -0.493 e. The van der Waals surface area contributed by atoms with E-state index in [0.29, 0.717) is 30.9 Å². The van der Waals surface area contributed by atoms with Crippen LogP contribution >= 0.6 is 0 Å². The van der Waals surface area contributed by atoms with Gasteiger partial charge in [-0.3, -0.25) is 9.59 Å². The number of amides is 2. The van der Waals surface area contributed by atoms with Crippen molar-refractivity contribution in [3.05, 3.63) is 95.3 Å². The summed E-state index contributed by atoms with van der Waals surface area (Å²) in [4.78, 5) is 27.8. The van der Waals surface area contributed by atoms with Crippen molar-refractivity contribution in [2.75, 3.05) is 20.8 Å². The Morgan fingerprint density at radius 3 is 2.19 bits per heavy atom. The molecule has 2 amide bonds. The van der Waals surface area contributed by atoms with E-state index in [1.807, 2.05) is 48.5 Å². The Kier molecular flexibility index (Phi) is 9.86. The summed E-state index contributed by atoms with van der Waals surface area (Å²) in [5.41, 5.74) is 2.80. The number of hydrogen-bond acceptors (Lipinski definition) is 4. The second-order valence-electron chi connectivity index (χ2n) is 8.54. The van der Waals surface area contributed by atoms with Crippen molar-refractivity contribution in [2.24, 2.45) is 0 Å². The van der Waals surface area contributed by atoms with Crippen molar-refractivity contribution >= 4 is 11.8 Å². The Morgan fingerprint density at radius 1 is 0.861 bits per heavy atom. The van der Waals surface area contributed by atoms with Crippen molar-refractivity contribution in [1.29, 1.82) is 0 Å². The molecule has 0 aliphatic carbocycles. The van der Waals surface area contributed by atoms with E-state index >= 15 is 0 Å². The zero-order valence-corrected chi connectivity index (χ0v) is 21.0. The van der Waals surface area contributed by atoms with Crippen LogP contribution in [0, 0.1) is 5.82 Å². The molecule has 36 heavy (non-hydrogen) atoms. The number of nitrogens with zero attached hydrogens (tertiary/aromatic N) is 1. The summed E-state index contributed by atoms with van der Waals surface area (Å²) in [7, 11) is 3.16. The molecule has 3 aromatic carbocycles. The third-order valence-corrected chi connectivity index (χ3v) is 6.06. The summed E-state index contributed by atoms with van der Waals surface area (Å²) in [6.07, 6.45) is 1.44. The predicted octanol–water partition coefficient (Wildman–Crippen LogP) is 4.55. The van der Waals surface area contributed by atoms with E-state index in [-0.39, 0.29) is 30.6 Å². The molecule has 3 rings (SSSR count). The van der Waals surface area contributed by atoms with Gasteiger partial charge in [-0.2, -0.15) is 0 Å². The first-order valence-electron chi connectivity index (χ1n) is 12.0. The van der Waals surface area contributed by atoms with Gasteiger partial charge in [-0.15, -0.1) is 0 Å². The number of carbonyl (C=O) groups excluding carboxylic acids is 2. The lowest BCUT2D eigenvalue weighted by Crippen LogP contribution is -2.48. The Labute approximate surface area is 212 Å². The van der Waals surface area contributed by atoms with E-state index in [2.05, 4.69) is 5.32 Å². The van der Waals surface area contributed by atoms with Gasteiger partial charge >= 0.3 is 0 Å². The van der Waals surface area contributed by atoms with Crippen molar-refractivity contribution in [1.82, 2.24) is 10.2 Å². The van der Waals surface area contributed by atoms with Gasteiger partial charge < -0.3 is 19.7 Å². The number of rotatable bonds is 12. The highest BCUT2D eigenvalue weighted by molar-refractivity contribution is 5.87. The SMILES string of the molecule is COc1ccc(CCNC(=O)C(C)N(Cc2ccc(F)cc2)C(=O)CCc2ccccc2)cc1OC. The summed E-state index contributed by atoms with van der Waals surface area (Å²) in [5.74, 6) is 0.548. The van der Waals surface area contributed by atoms with Crippen LogP contribution < -0.4 is 14.8 Å². The van der Waals surface area contributed by atoms with E-state index in [4.69, 9.17) is 9.47 Å². The fraction of sp³-hybridized carbons (Fsp3) is 0.310. The molecule has 1 unspecified atom stereocenters. The maximum atomic E-state index is 13.4. The van der Waals surface area contributed by atoms with Crippen LogP contribution in [-0.2, 0) is 29.0 Å². The molecule has 7 heteroatoms. The lowest BCUT2D eigenvalue weighted by Gasteiger charge is -2.29. The molecule has 1 atom stereocenters. The van der Waals surface area contributed by atoms with Crippen molar-refractivity contribution in [3.63, 3.8) is 0 Å². The summed E-state index contributed by atoms with van der Waals surface area (Å²) in [6, 6.07) is 20.7. The van der Waals surface area contributed by atoms with Gasteiger partial charge in [0.25, 0.3) is 0 Å². The fourth-order valence-corrected chi connectivity index (χ4v) is 3.92. The van der Waals surface area contributed by atoms with Gasteiger partial charge in [0, 0.05) is 19.5 Å². The molecule has 3 aromatic rings. The first-order valence-corrected chi connectivity index (χ1v) is 12.0. The molecule has 0 radical (unpaired) electrons. The highest BCUT2D eigenvalue weighted by Crippen LogP contribution is 2.27. The van der Waals surface area contributed by atoms with E-state index < -0.39 is 6.04 Å². The average Bonchev–Trinajstić information content (AvgIpc) is 2.91. The van der Waals surface area contributed by atoms with Gasteiger partial charge in [-0.05, 0) is 60.7 Å². The third kappa shape index (κ3) is 7.57. The third-order valence-electron chi connectivity index (χ3n) is 6.06. The summed E-state index contributed by atoms with van der Waals surface area (Å²) in [5, 5.41) is 2.94. The van der Waals surface area contributed by atoms with Crippen LogP contribution in [0.15, 0.2) is 72.8 Å². The fourth-order valence-electron chi connectivity index (χ4n) is 3.92. The maximum absolute atomic E-state index is 13.4. The van der Waals surface area contributed by atoms with Gasteiger partial charge in [0.2, 0.25) is 11.8 Å². The van der Waals surface area contributed by atoms with E-state index in [9.17, 15) is 14.0 Å². The molecule has 0 aromatic heterocycles. The van der Waals surface area contributed by atoms with Gasteiger partial charge in [0.15, 0.2) is 11.5 Å². The molecule has 0 aliphatic heterocycles. The minimum absolute atomic E-state index is 0.134. The monoisotopic (exact) mass is 492 g/mol. The predicted molar refractivity (Wildman–Crippen MR) is 137 cm³/mol. The Balaban J connectivity index is 1.64. The molecular formula is C29H33FN2O4. The highest BCUT2D eigenvalue weighted by atomic mass is 19.1. The van der Waals surface area contributed by atoms with Crippen LogP contribution in [0.2, 0.25) is 0 Å². The van der Waals surface area contributed by atoms with Crippen LogP contribution in [0.1, 0.15) is 30.0 Å². The number of ether oxygens (including phenoxy) is 2. The second kappa shape index (κ2) is 13.3. The molecule has 0 bridgehead atoms. The average molecular weight is 493 g/mol. The van der Waals surface area contributed by atoms with Gasteiger partial charge in [0.05, 0.1) is 14.2 Å². The smallest absolute Gasteiger partial charge is 0.242 e. The minimum atomic E-state index is -0.691. The van der Waals surface area contributed by atoms with Crippen LogP contribution in [0.3, 0.4) is 0 Å². The standard InChI is InChI=1S/C29H33FN2O4/c1-21(29(34)31-18-17-23-11-15-26(35-2)27(19-23)36-3)32(20-24-9-13-25(30)14-10-24)28(33)16-12-22-7-5-4-6-8-22/h4-11,13-15,19,21H,12,16-18,20H2,1-3H3,(H,31,34). The summed E-state index contributed by atoms with van der Waals surface area (Å²) >= 11 is 0. The van der Waals surface area contributed by atoms with Crippen LogP contribution in [0.4, 0.5) is 4.39 Å². The number of methoxy groups -OCH3 is 2. The van der Waals surface area contributed by atoms with Crippen molar-refractivity contribution < 1.29 is 23.5 Å². The summed E-state index contributed by atoms with van der Waals surface area (Å²) < 4.78 is 24.0. The lowest BCUT2D eigenvalue weighted by molar-refractivity contribution is -0.140. The number of aryl methyl sites for hydroxylation is 1. The molecule has 0 aliphatic rings. The largest absolute Gasteiger partial charge is 0.493 e. The number of halogens is 1. The molecule has 0 saturated carbocycles. The van der Waals surface area contributed by atoms with E-state index in [1.54, 1.807) is 38.2 Å². The molecule has 0 fully saturated rings. The highest BCUT2D eigenvalue weighted by Gasteiger charge is 2.25. The number of benzene rings is 3. The Hall–Kier alpha value is -3.87. The molecule has 1 N–H and O–H groups in total. The molecule has 6 nitrogen and oxygen atoms in total. The van der Waals surface area contributed by atoms with Crippen LogP contribution in [-0.4, -0.2) is 43.5 Å². The van der Waals surface area contributed by atoms with Crippen molar-refractivity contribution in [3.8, 4) is 11.5 Å². The first-order chi connectivity index (χ1) is 17.4.